The number of fused-ring (bicyclic) bond motifs is 1. The molecule has 0 unspecified atom stereocenters. The number of likely N-dealkylation sites (N-methyl/N-ethyl adjacent to an activating group) is 1. The van der Waals surface area contributed by atoms with Gasteiger partial charge in [-0.1, -0.05) is 41.6 Å². The zero-order chi connectivity index (χ0) is 22.8. The van der Waals surface area contributed by atoms with Crippen molar-refractivity contribution in [2.75, 3.05) is 11.9 Å². The summed E-state index contributed by atoms with van der Waals surface area (Å²) in [4.78, 5) is 27.3. The number of rotatable bonds is 2. The molecule has 1 heterocycles. The van der Waals surface area contributed by atoms with Crippen molar-refractivity contribution in [3.05, 3.63) is 105 Å². The van der Waals surface area contributed by atoms with Gasteiger partial charge < -0.3 is 4.90 Å². The predicted octanol–water partition coefficient (Wildman–Crippen LogP) is 5.46. The molecule has 0 aliphatic carbocycles. The number of carbonyl (C=O) groups is 2. The van der Waals surface area contributed by atoms with Crippen molar-refractivity contribution in [2.24, 2.45) is 0 Å². The van der Waals surface area contributed by atoms with Gasteiger partial charge in [0.1, 0.15) is 11.6 Å². The van der Waals surface area contributed by atoms with Gasteiger partial charge in [-0.2, -0.15) is 0 Å². The highest BCUT2D eigenvalue weighted by atomic mass is 35.5. The monoisotopic (exact) mass is 447 g/mol. The highest BCUT2D eigenvalue weighted by Gasteiger charge is 2.32. The first-order valence-corrected chi connectivity index (χ1v) is 10.1. The quantitative estimate of drug-likeness (QED) is 0.297. The Morgan fingerprint density at radius 3 is 2.47 bits per heavy atom. The first-order chi connectivity index (χ1) is 15.3. The Kier molecular flexibility index (Phi) is 5.89. The summed E-state index contributed by atoms with van der Waals surface area (Å²) in [6, 6.07) is 15.1. The van der Waals surface area contributed by atoms with Crippen molar-refractivity contribution in [2.45, 2.75) is 6.42 Å². The second-order valence-corrected chi connectivity index (χ2v) is 7.67. The number of hydrogen-bond donors (Lipinski definition) is 0. The summed E-state index contributed by atoms with van der Waals surface area (Å²) in [6.07, 6.45) is 1.84. The third kappa shape index (κ3) is 4.32. The second kappa shape index (κ2) is 8.78. The van der Waals surface area contributed by atoms with Gasteiger partial charge in [-0.3, -0.25) is 9.59 Å². The molecule has 3 nitrogen and oxygen atoms in total. The van der Waals surface area contributed by atoms with Gasteiger partial charge in [0.2, 0.25) is 5.78 Å². The molecule has 0 aromatic heterocycles. The molecule has 1 aliphatic heterocycles. The lowest BCUT2D eigenvalue weighted by Crippen LogP contribution is -2.36. The van der Waals surface area contributed by atoms with Crippen molar-refractivity contribution in [3.8, 4) is 11.8 Å². The Morgan fingerprint density at radius 1 is 1.00 bits per heavy atom. The largest absolute Gasteiger partial charge is 0.311 e. The Labute approximate surface area is 188 Å². The maximum Gasteiger partial charge on any atom is 0.262 e. The molecule has 158 valence electrons. The summed E-state index contributed by atoms with van der Waals surface area (Å²) in [7, 11) is 1.58. The highest BCUT2D eigenvalue weighted by Crippen LogP contribution is 2.31. The molecule has 0 saturated carbocycles. The van der Waals surface area contributed by atoms with E-state index in [9.17, 15) is 18.4 Å². The van der Waals surface area contributed by atoms with E-state index in [4.69, 9.17) is 11.6 Å². The fraction of sp³-hybridized carbons (Fsp3) is 0.0769. The Hall–Kier alpha value is -3.75. The van der Waals surface area contributed by atoms with Crippen LogP contribution in [0.4, 0.5) is 14.5 Å². The van der Waals surface area contributed by atoms with E-state index in [1.165, 1.54) is 41.3 Å². The standard InChI is InChI=1S/C26H16ClF2NO2/c1-30-24-12-8-17(4-2-3-16-5-9-19(28)10-6-16)13-20(24)25(31)21(26(30)32)14-18-7-11-23(29)22(27)15-18/h5-15H,3H2,1H3. The topological polar surface area (TPSA) is 37.4 Å². The third-order valence-electron chi connectivity index (χ3n) is 5.08. The van der Waals surface area contributed by atoms with E-state index in [2.05, 4.69) is 11.8 Å². The van der Waals surface area contributed by atoms with E-state index in [0.29, 0.717) is 28.8 Å². The molecule has 0 spiro atoms. The molecule has 0 atom stereocenters. The molecule has 0 fully saturated rings. The molecule has 32 heavy (non-hydrogen) atoms. The van der Waals surface area contributed by atoms with E-state index >= 15 is 0 Å². The summed E-state index contributed by atoms with van der Waals surface area (Å²) in [5, 5.41) is -0.0949. The molecular weight excluding hydrogens is 432 g/mol. The van der Waals surface area contributed by atoms with Gasteiger partial charge in [0.05, 0.1) is 16.3 Å². The number of amides is 1. The zero-order valence-electron chi connectivity index (χ0n) is 17.0. The lowest BCUT2D eigenvalue weighted by Gasteiger charge is -2.26. The van der Waals surface area contributed by atoms with E-state index in [1.54, 1.807) is 37.4 Å². The SMILES string of the molecule is CN1C(=O)C(=Cc2ccc(F)c(Cl)c2)C(=O)c2cc(C#CCc3ccc(F)cc3)ccc21. The molecule has 0 N–H and O–H groups in total. The van der Waals surface area contributed by atoms with Crippen LogP contribution < -0.4 is 4.90 Å². The van der Waals surface area contributed by atoms with Crippen molar-refractivity contribution in [1.82, 2.24) is 0 Å². The Balaban J connectivity index is 1.65. The minimum Gasteiger partial charge on any atom is -0.311 e. The Morgan fingerprint density at radius 2 is 1.75 bits per heavy atom. The molecule has 6 heteroatoms. The maximum atomic E-state index is 13.4. The number of benzene rings is 3. The van der Waals surface area contributed by atoms with Crippen LogP contribution in [0.3, 0.4) is 0 Å². The minimum atomic E-state index is -0.582. The number of Topliss-reactive ketones (excluding diaryl/α,β-unsaturated/α-hetero) is 1. The molecule has 1 amide bonds. The van der Waals surface area contributed by atoms with Crippen LogP contribution in [-0.2, 0) is 11.2 Å². The van der Waals surface area contributed by atoms with Crippen molar-refractivity contribution in [1.29, 1.82) is 0 Å². The van der Waals surface area contributed by atoms with Gasteiger partial charge in [-0.25, -0.2) is 8.78 Å². The van der Waals surface area contributed by atoms with Crippen LogP contribution in [0.2, 0.25) is 5.02 Å². The van der Waals surface area contributed by atoms with E-state index in [0.717, 1.165) is 5.56 Å². The molecule has 0 radical (unpaired) electrons. The van der Waals surface area contributed by atoms with E-state index in [-0.39, 0.29) is 16.4 Å². The summed E-state index contributed by atoms with van der Waals surface area (Å²) < 4.78 is 26.5. The van der Waals surface area contributed by atoms with Crippen molar-refractivity contribution >= 4 is 35.1 Å². The molecule has 4 rings (SSSR count). The molecule has 1 aliphatic rings. The average Bonchev–Trinajstić information content (AvgIpc) is 2.79. The first kappa shape index (κ1) is 21.5. The third-order valence-corrected chi connectivity index (χ3v) is 5.37. The van der Waals surface area contributed by atoms with Gasteiger partial charge in [-0.05, 0) is 59.7 Å². The molecule has 0 saturated heterocycles. The lowest BCUT2D eigenvalue weighted by atomic mass is 9.92. The van der Waals surface area contributed by atoms with E-state index < -0.39 is 17.5 Å². The predicted molar refractivity (Wildman–Crippen MR) is 121 cm³/mol. The lowest BCUT2D eigenvalue weighted by molar-refractivity contribution is -0.114. The highest BCUT2D eigenvalue weighted by molar-refractivity contribution is 6.36. The molecule has 0 bridgehead atoms. The number of hydrogen-bond acceptors (Lipinski definition) is 2. The average molecular weight is 448 g/mol. The fourth-order valence-electron chi connectivity index (χ4n) is 3.37. The van der Waals surface area contributed by atoms with Crippen molar-refractivity contribution < 1.29 is 18.4 Å². The van der Waals surface area contributed by atoms with Gasteiger partial charge in [0.15, 0.2) is 0 Å². The summed E-state index contributed by atoms with van der Waals surface area (Å²) >= 11 is 5.82. The number of anilines is 1. The Bertz CT molecular complexity index is 1330. The smallest absolute Gasteiger partial charge is 0.262 e. The zero-order valence-corrected chi connectivity index (χ0v) is 17.7. The van der Waals surface area contributed by atoms with Gasteiger partial charge in [-0.15, -0.1) is 0 Å². The summed E-state index contributed by atoms with van der Waals surface area (Å²) in [6.45, 7) is 0. The normalized spacial score (nSPS) is 14.2. The van der Waals surface area contributed by atoms with Crippen LogP contribution in [0.15, 0.2) is 66.2 Å². The number of halogens is 3. The van der Waals surface area contributed by atoms with Gasteiger partial charge in [0.25, 0.3) is 5.91 Å². The van der Waals surface area contributed by atoms with Crippen LogP contribution in [0.1, 0.15) is 27.0 Å². The van der Waals surface area contributed by atoms with Crippen LogP contribution >= 0.6 is 11.6 Å². The minimum absolute atomic E-state index is 0.0425. The summed E-state index contributed by atoms with van der Waals surface area (Å²) in [5.74, 6) is 4.23. The van der Waals surface area contributed by atoms with Gasteiger partial charge >= 0.3 is 0 Å². The maximum absolute atomic E-state index is 13.4. The van der Waals surface area contributed by atoms with Crippen LogP contribution in [0.5, 0.6) is 0 Å². The first-order valence-electron chi connectivity index (χ1n) is 9.70. The van der Waals surface area contributed by atoms with Crippen LogP contribution in [0, 0.1) is 23.5 Å². The van der Waals surface area contributed by atoms with Crippen LogP contribution in [0.25, 0.3) is 6.08 Å². The second-order valence-electron chi connectivity index (χ2n) is 7.26. The van der Waals surface area contributed by atoms with E-state index in [1.807, 2.05) is 0 Å². The number of carbonyl (C=O) groups excluding carboxylic acids is 2. The summed E-state index contributed by atoms with van der Waals surface area (Å²) in [5.41, 5.74) is 2.73. The van der Waals surface area contributed by atoms with Gasteiger partial charge in [0, 0.05) is 24.6 Å². The number of ketones is 1. The number of nitrogens with zero attached hydrogens (tertiary/aromatic N) is 1. The van der Waals surface area contributed by atoms with Crippen LogP contribution in [-0.4, -0.2) is 18.7 Å². The molecule has 3 aromatic rings. The molecular formula is C26H16ClF2NO2. The fourth-order valence-corrected chi connectivity index (χ4v) is 3.56. The molecule has 3 aromatic carbocycles. The van der Waals surface area contributed by atoms with Crippen molar-refractivity contribution in [3.63, 3.8) is 0 Å².